The van der Waals surface area contributed by atoms with Crippen molar-refractivity contribution in [2.45, 2.75) is 0 Å². The summed E-state index contributed by atoms with van der Waals surface area (Å²) in [5, 5.41) is 0. The van der Waals surface area contributed by atoms with Crippen molar-refractivity contribution in [2.24, 2.45) is 0 Å². The maximum Gasteiger partial charge on any atom is 0.316 e. The van der Waals surface area contributed by atoms with Gasteiger partial charge in [-0.25, -0.2) is 0 Å². The Morgan fingerprint density at radius 1 is 1.00 bits per heavy atom. The third kappa shape index (κ3) is 25.8. The molecule has 1 radical (unpaired) electrons. The molecule has 0 aliphatic rings. The zero-order valence-electron chi connectivity index (χ0n) is 1.91. The molecule has 0 N–H and O–H groups in total. The first kappa shape index (κ1) is 55.6. The van der Waals surface area contributed by atoms with E-state index >= 15 is 0 Å². The van der Waals surface area contributed by atoms with Crippen molar-refractivity contribution >= 4 is 23.1 Å². The summed E-state index contributed by atoms with van der Waals surface area (Å²) in [7, 11) is 0. The van der Waals surface area contributed by atoms with Gasteiger partial charge in [-0.2, -0.15) is 0 Å². The summed E-state index contributed by atoms with van der Waals surface area (Å²) in [6.45, 7) is 0. The van der Waals surface area contributed by atoms with Crippen LogP contribution in [0.15, 0.2) is 0 Å². The fourth-order valence-electron chi connectivity index (χ4n) is 0. The normalized spacial score (nSPS) is 0. The van der Waals surface area contributed by atoms with Crippen LogP contribution in [0, 0.1) is 0 Å². The van der Waals surface area contributed by atoms with Crippen LogP contribution < -0.4 is 0 Å². The largest absolute Gasteiger partial charge is 0.316 e. The molecule has 0 atom stereocenters. The third-order valence-corrected chi connectivity index (χ3v) is 0. The molecule has 0 fully saturated rings. The van der Waals surface area contributed by atoms with E-state index < -0.39 is 0 Å². The molecule has 0 spiro atoms. The fourth-order valence-corrected chi connectivity index (χ4v) is 0. The van der Waals surface area contributed by atoms with Crippen molar-refractivity contribution in [1.82, 2.24) is 0 Å². The van der Waals surface area contributed by atoms with Gasteiger partial charge in [0.25, 0.3) is 0 Å². The van der Waals surface area contributed by atoms with Gasteiger partial charge in [0.15, 0.2) is 0 Å². The summed E-state index contributed by atoms with van der Waals surface area (Å²) in [6, 6.07) is 0. The molecular weight excluding hydrogens is 298 g/mol. The average molecular weight is 300 g/mol. The SMILES string of the molecule is [Co].[Cr].[Fe].[MgH2].[Ni].[Ti]. The maximum absolute atomic E-state index is 0. The summed E-state index contributed by atoms with van der Waals surface area (Å²) < 4.78 is 0. The van der Waals surface area contributed by atoms with Gasteiger partial charge in [-0.1, -0.05) is 0 Å². The van der Waals surface area contributed by atoms with E-state index in [1.54, 1.807) is 0 Å². The third-order valence-electron chi connectivity index (χ3n) is 0. The van der Waals surface area contributed by atoms with Gasteiger partial charge in [0.1, 0.15) is 0 Å². The summed E-state index contributed by atoms with van der Waals surface area (Å²) in [5.74, 6) is 0. The molecular formula is H2CoCrFeMgNiTi. The number of hydrogen-bond acceptors (Lipinski definition) is 0. The van der Waals surface area contributed by atoms with E-state index in [9.17, 15) is 0 Å². The van der Waals surface area contributed by atoms with Crippen LogP contribution in [0.4, 0.5) is 0 Å². The Morgan fingerprint density at radius 2 is 1.00 bits per heavy atom. The van der Waals surface area contributed by atoms with E-state index in [1.165, 1.54) is 0 Å². The Bertz CT molecular complexity index is 15.5. The predicted molar refractivity (Wildman–Crippen MR) is 8.54 cm³/mol. The van der Waals surface area contributed by atoms with Crippen LogP contribution in [-0.4, -0.2) is 23.1 Å². The van der Waals surface area contributed by atoms with E-state index in [1.807, 2.05) is 0 Å². The van der Waals surface area contributed by atoms with Crippen LogP contribution in [0.5, 0.6) is 0 Å². The second-order valence-corrected chi connectivity index (χ2v) is 0. The summed E-state index contributed by atoms with van der Waals surface area (Å²) in [4.78, 5) is 0. The molecule has 0 saturated carbocycles. The van der Waals surface area contributed by atoms with Gasteiger partial charge in [0, 0.05) is 89.4 Å². The Balaban J connectivity index is 0. The molecule has 0 aliphatic carbocycles. The first-order valence-corrected chi connectivity index (χ1v) is 0. The van der Waals surface area contributed by atoms with Crippen molar-refractivity contribution in [1.29, 1.82) is 0 Å². The summed E-state index contributed by atoms with van der Waals surface area (Å²) >= 11 is 0. The van der Waals surface area contributed by atoms with Crippen molar-refractivity contribution in [3.63, 3.8) is 0 Å². The van der Waals surface area contributed by atoms with Gasteiger partial charge in [-0.05, 0) is 0 Å². The molecule has 0 amide bonds. The molecule has 0 aromatic carbocycles. The van der Waals surface area contributed by atoms with Crippen LogP contribution in [0.3, 0.4) is 0 Å². The zero-order valence-corrected chi connectivity index (χ0v) is 7.88. The van der Waals surface area contributed by atoms with Crippen molar-refractivity contribution < 1.29 is 89.4 Å². The minimum Gasteiger partial charge on any atom is 0 e. The van der Waals surface area contributed by atoms with Gasteiger partial charge >= 0.3 is 23.1 Å². The minimum absolute atomic E-state index is 0. The van der Waals surface area contributed by atoms with Crippen molar-refractivity contribution in [3.8, 4) is 0 Å². The van der Waals surface area contributed by atoms with Crippen LogP contribution in [0.1, 0.15) is 0 Å². The van der Waals surface area contributed by atoms with E-state index in [-0.39, 0.29) is 112 Å². The fraction of sp³-hybridized carbons (Fsp3) is 0. The Morgan fingerprint density at radius 3 is 1.00 bits per heavy atom. The Kier molecular flexibility index (Phi) is 360. The monoisotopic (exact) mass is 299 g/mol. The number of rotatable bonds is 0. The van der Waals surface area contributed by atoms with Crippen molar-refractivity contribution in [2.75, 3.05) is 0 Å². The van der Waals surface area contributed by atoms with Gasteiger partial charge in [0.05, 0.1) is 0 Å². The summed E-state index contributed by atoms with van der Waals surface area (Å²) in [5.41, 5.74) is 0. The Labute approximate surface area is 110 Å². The molecule has 0 rings (SSSR count). The molecule has 0 aromatic heterocycles. The van der Waals surface area contributed by atoms with Crippen LogP contribution in [-0.2, 0) is 89.4 Å². The molecule has 6 heavy (non-hydrogen) atoms. The van der Waals surface area contributed by atoms with Crippen LogP contribution in [0.25, 0.3) is 0 Å². The molecule has 0 heterocycles. The number of hydrogen-bond donors (Lipinski definition) is 0. The quantitative estimate of drug-likeness (QED) is 0.507. The maximum atomic E-state index is 0. The standard InChI is InChI=1S/Co.Cr.Fe.Mg.Ni.Ti.2H. The molecule has 6 heteroatoms. The second-order valence-electron chi connectivity index (χ2n) is 0. The molecule has 0 saturated heterocycles. The van der Waals surface area contributed by atoms with Gasteiger partial charge in [-0.15, -0.1) is 0 Å². The van der Waals surface area contributed by atoms with Crippen molar-refractivity contribution in [3.05, 3.63) is 0 Å². The summed E-state index contributed by atoms with van der Waals surface area (Å²) in [6.07, 6.45) is 0. The van der Waals surface area contributed by atoms with Gasteiger partial charge < -0.3 is 0 Å². The molecule has 0 unspecified atom stereocenters. The zero-order chi connectivity index (χ0) is 0. The first-order valence-electron chi connectivity index (χ1n) is 0. The molecule has 0 aromatic rings. The molecule has 41 valence electrons. The average Bonchev–Trinajstić information content (AvgIpc) is 0. The molecule has 0 nitrogen and oxygen atoms in total. The van der Waals surface area contributed by atoms with E-state index in [2.05, 4.69) is 0 Å². The van der Waals surface area contributed by atoms with Gasteiger partial charge in [0.2, 0.25) is 0 Å². The van der Waals surface area contributed by atoms with Crippen LogP contribution >= 0.6 is 0 Å². The van der Waals surface area contributed by atoms with Gasteiger partial charge in [-0.3, -0.25) is 0 Å². The predicted octanol–water partition coefficient (Wildman–Crippen LogP) is -0.929. The first-order chi connectivity index (χ1) is 0. The molecule has 0 aliphatic heterocycles. The van der Waals surface area contributed by atoms with E-state index in [0.717, 1.165) is 0 Å². The Hall–Kier alpha value is 3.53. The minimum atomic E-state index is 0. The van der Waals surface area contributed by atoms with Crippen LogP contribution in [0.2, 0.25) is 0 Å². The smallest absolute Gasteiger partial charge is 0 e. The second kappa shape index (κ2) is 38.8. The van der Waals surface area contributed by atoms with E-state index in [4.69, 9.17) is 0 Å². The topological polar surface area (TPSA) is 0 Å². The van der Waals surface area contributed by atoms with E-state index in [0.29, 0.717) is 0 Å². The molecule has 0 bridgehead atoms.